The predicted octanol–water partition coefficient (Wildman–Crippen LogP) is 3.14. The number of rotatable bonds is 7. The average Bonchev–Trinajstić information content (AvgIpc) is 2.65. The van der Waals surface area contributed by atoms with Crippen LogP contribution in [0.5, 0.6) is 11.5 Å². The number of carbonyl (C=O) groups is 2. The monoisotopic (exact) mass is 385 g/mol. The number of anilines is 1. The van der Waals surface area contributed by atoms with Gasteiger partial charge in [-0.05, 0) is 17.7 Å². The van der Waals surface area contributed by atoms with Crippen LogP contribution in [0.2, 0.25) is 0 Å². The molecule has 1 heterocycles. The van der Waals surface area contributed by atoms with E-state index in [9.17, 15) is 9.59 Å². The smallest absolute Gasteiger partial charge is 0.325 e. The molecule has 7 nitrogen and oxygen atoms in total. The summed E-state index contributed by atoms with van der Waals surface area (Å²) in [7, 11) is 1.56. The van der Waals surface area contributed by atoms with Crippen molar-refractivity contribution in [3.8, 4) is 11.5 Å². The molecule has 0 unspecified atom stereocenters. The molecule has 0 amide bonds. The highest BCUT2D eigenvalue weighted by molar-refractivity contribution is 5.97. The van der Waals surface area contributed by atoms with Gasteiger partial charge in [0.25, 0.3) is 5.79 Å². The quantitative estimate of drug-likeness (QED) is 0.579. The Bertz CT molecular complexity index is 829. The lowest BCUT2D eigenvalue weighted by molar-refractivity contribution is -0.239. The van der Waals surface area contributed by atoms with Crippen molar-refractivity contribution in [2.45, 2.75) is 26.2 Å². The van der Waals surface area contributed by atoms with Gasteiger partial charge >= 0.3 is 11.9 Å². The van der Waals surface area contributed by atoms with Gasteiger partial charge in [-0.15, -0.1) is 0 Å². The molecule has 28 heavy (non-hydrogen) atoms. The van der Waals surface area contributed by atoms with E-state index in [0.717, 1.165) is 5.56 Å². The van der Waals surface area contributed by atoms with Gasteiger partial charge in [0.2, 0.25) is 0 Å². The van der Waals surface area contributed by atoms with Crippen molar-refractivity contribution in [1.82, 2.24) is 0 Å². The predicted molar refractivity (Wildman–Crippen MR) is 102 cm³/mol. The van der Waals surface area contributed by atoms with Gasteiger partial charge in [-0.25, -0.2) is 0 Å². The molecule has 0 aliphatic carbocycles. The molecule has 0 radical (unpaired) electrons. The van der Waals surface area contributed by atoms with E-state index in [0.29, 0.717) is 23.8 Å². The van der Waals surface area contributed by atoms with Crippen molar-refractivity contribution >= 4 is 17.6 Å². The fraction of sp³-hybridized carbons (Fsp3) is 0.333. The third-order valence-electron chi connectivity index (χ3n) is 4.17. The van der Waals surface area contributed by atoms with E-state index in [1.54, 1.807) is 25.3 Å². The molecule has 0 saturated carbocycles. The second kappa shape index (κ2) is 8.21. The Balaban J connectivity index is 1.66. The third-order valence-corrected chi connectivity index (χ3v) is 4.17. The van der Waals surface area contributed by atoms with Gasteiger partial charge < -0.3 is 24.3 Å². The molecule has 1 fully saturated rings. The Kier molecular flexibility index (Phi) is 5.73. The molecule has 0 spiro atoms. The minimum atomic E-state index is -1.23. The lowest BCUT2D eigenvalue weighted by Gasteiger charge is -2.32. The minimum Gasteiger partial charge on any atom is -0.493 e. The summed E-state index contributed by atoms with van der Waals surface area (Å²) in [5.74, 6) is -2.34. The average molecular weight is 385 g/mol. The number of carbonyl (C=O) groups excluding carboxylic acids is 2. The Morgan fingerprint density at radius 3 is 2.32 bits per heavy atom. The number of hydrogen-bond donors (Lipinski definition) is 1. The summed E-state index contributed by atoms with van der Waals surface area (Å²) in [6, 6.07) is 15.0. The van der Waals surface area contributed by atoms with Gasteiger partial charge in [0.05, 0.1) is 7.11 Å². The van der Waals surface area contributed by atoms with Crippen LogP contribution < -0.4 is 14.8 Å². The van der Waals surface area contributed by atoms with Crippen LogP contribution in [0.25, 0.3) is 0 Å². The Morgan fingerprint density at radius 2 is 1.68 bits per heavy atom. The molecule has 1 N–H and O–H groups in total. The zero-order chi connectivity index (χ0) is 20.1. The highest BCUT2D eigenvalue weighted by atomic mass is 16.7. The lowest BCUT2D eigenvalue weighted by atomic mass is 10.1. The summed E-state index contributed by atoms with van der Waals surface area (Å²) in [5, 5.41) is 3.06. The molecular weight excluding hydrogens is 362 g/mol. The summed E-state index contributed by atoms with van der Waals surface area (Å²) in [4.78, 5) is 24.1. The standard InChI is InChI=1S/C21H23NO6/c1-21(2)27-19(23)16(20(24)28-21)12-22-15-9-10-17(25-3)18(11-15)26-13-14-7-5-4-6-8-14/h4-11,16,22H,12-13H2,1-3H3. The molecular formula is C21H23NO6. The fourth-order valence-electron chi connectivity index (χ4n) is 2.77. The van der Waals surface area contributed by atoms with E-state index < -0.39 is 23.6 Å². The molecule has 0 aromatic heterocycles. The van der Waals surface area contributed by atoms with E-state index in [-0.39, 0.29) is 6.54 Å². The van der Waals surface area contributed by atoms with Crippen LogP contribution in [-0.2, 0) is 25.7 Å². The zero-order valence-corrected chi connectivity index (χ0v) is 16.1. The first-order valence-corrected chi connectivity index (χ1v) is 8.92. The number of cyclic esters (lactones) is 2. The fourth-order valence-corrected chi connectivity index (χ4v) is 2.77. The molecule has 0 atom stereocenters. The largest absolute Gasteiger partial charge is 0.493 e. The van der Waals surface area contributed by atoms with Crippen molar-refractivity contribution in [1.29, 1.82) is 0 Å². The van der Waals surface area contributed by atoms with Crippen LogP contribution in [0.3, 0.4) is 0 Å². The molecule has 3 rings (SSSR count). The maximum Gasteiger partial charge on any atom is 0.325 e. The lowest BCUT2D eigenvalue weighted by Crippen LogP contribution is -2.48. The number of nitrogens with one attached hydrogen (secondary N) is 1. The van der Waals surface area contributed by atoms with Gasteiger partial charge in [0.15, 0.2) is 17.4 Å². The summed E-state index contributed by atoms with van der Waals surface area (Å²) in [6.07, 6.45) is 0. The van der Waals surface area contributed by atoms with E-state index in [1.165, 1.54) is 13.8 Å². The zero-order valence-electron chi connectivity index (χ0n) is 16.1. The van der Waals surface area contributed by atoms with Crippen LogP contribution in [0.1, 0.15) is 19.4 Å². The summed E-state index contributed by atoms with van der Waals surface area (Å²) in [6.45, 7) is 3.48. The van der Waals surface area contributed by atoms with Crippen LogP contribution >= 0.6 is 0 Å². The van der Waals surface area contributed by atoms with Gasteiger partial charge in [-0.2, -0.15) is 0 Å². The highest BCUT2D eigenvalue weighted by Gasteiger charge is 2.43. The second-order valence-corrected chi connectivity index (χ2v) is 6.82. The van der Waals surface area contributed by atoms with E-state index >= 15 is 0 Å². The van der Waals surface area contributed by atoms with Gasteiger partial charge in [0, 0.05) is 32.1 Å². The van der Waals surface area contributed by atoms with Crippen LogP contribution in [-0.4, -0.2) is 31.4 Å². The van der Waals surface area contributed by atoms with Crippen molar-refractivity contribution in [2.24, 2.45) is 5.92 Å². The number of methoxy groups -OCH3 is 1. The second-order valence-electron chi connectivity index (χ2n) is 6.82. The number of hydrogen-bond acceptors (Lipinski definition) is 7. The molecule has 2 aromatic rings. The third kappa shape index (κ3) is 4.73. The van der Waals surface area contributed by atoms with Crippen molar-refractivity contribution < 1.29 is 28.5 Å². The Morgan fingerprint density at radius 1 is 1.00 bits per heavy atom. The van der Waals surface area contributed by atoms with Crippen molar-refractivity contribution in [2.75, 3.05) is 19.0 Å². The first-order chi connectivity index (χ1) is 13.4. The van der Waals surface area contributed by atoms with Gasteiger partial charge in [-0.3, -0.25) is 9.59 Å². The molecule has 1 saturated heterocycles. The SMILES string of the molecule is COc1ccc(NCC2C(=O)OC(C)(C)OC2=O)cc1OCc1ccccc1. The van der Waals surface area contributed by atoms with E-state index in [2.05, 4.69) is 5.32 Å². The van der Waals surface area contributed by atoms with Crippen LogP contribution in [0.4, 0.5) is 5.69 Å². The molecule has 2 aromatic carbocycles. The number of benzene rings is 2. The van der Waals surface area contributed by atoms with Crippen LogP contribution in [0.15, 0.2) is 48.5 Å². The molecule has 148 valence electrons. The first-order valence-electron chi connectivity index (χ1n) is 8.92. The maximum atomic E-state index is 12.1. The topological polar surface area (TPSA) is 83.1 Å². The maximum absolute atomic E-state index is 12.1. The van der Waals surface area contributed by atoms with Crippen molar-refractivity contribution in [3.05, 3.63) is 54.1 Å². The molecule has 1 aliphatic rings. The summed E-state index contributed by atoms with van der Waals surface area (Å²) >= 11 is 0. The normalized spacial score (nSPS) is 16.1. The van der Waals surface area contributed by atoms with Gasteiger partial charge in [0.1, 0.15) is 6.61 Å². The molecule has 7 heteroatoms. The number of ether oxygens (including phenoxy) is 4. The first kappa shape index (κ1) is 19.5. The number of esters is 2. The Hall–Kier alpha value is -3.22. The Labute approximate surface area is 163 Å². The van der Waals surface area contributed by atoms with Gasteiger partial charge in [-0.1, -0.05) is 30.3 Å². The molecule has 1 aliphatic heterocycles. The minimum absolute atomic E-state index is 0.0538. The summed E-state index contributed by atoms with van der Waals surface area (Å²) < 4.78 is 21.5. The summed E-state index contributed by atoms with van der Waals surface area (Å²) in [5.41, 5.74) is 1.70. The highest BCUT2D eigenvalue weighted by Crippen LogP contribution is 2.31. The van der Waals surface area contributed by atoms with E-state index in [4.69, 9.17) is 18.9 Å². The van der Waals surface area contributed by atoms with Crippen LogP contribution in [0, 0.1) is 5.92 Å². The van der Waals surface area contributed by atoms with Crippen molar-refractivity contribution in [3.63, 3.8) is 0 Å². The van der Waals surface area contributed by atoms with E-state index in [1.807, 2.05) is 30.3 Å². The molecule has 0 bridgehead atoms.